The summed E-state index contributed by atoms with van der Waals surface area (Å²) in [6.07, 6.45) is 0. The van der Waals surface area contributed by atoms with Crippen LogP contribution in [0.4, 0.5) is 19.3 Å². The van der Waals surface area contributed by atoms with E-state index in [2.05, 4.69) is 10.6 Å². The number of methoxy groups -OCH3 is 1. The SMILES string of the molecule is CCNC(=O)Nc1ccc(-c2sc3c(c2CN(C)CCOC)c(=O)n(-c2cc(C)cc(C)c2)c(=O)n3Cc2c(F)cccc2F)cc1. The number of carbonyl (C=O) groups excluding carboxylic acids is 1. The van der Waals surface area contributed by atoms with Crippen molar-refractivity contribution in [2.24, 2.45) is 0 Å². The number of carbonyl (C=O) groups is 1. The Morgan fingerprint density at radius 1 is 0.979 bits per heavy atom. The van der Waals surface area contributed by atoms with Crippen molar-refractivity contribution in [2.75, 3.05) is 39.2 Å². The van der Waals surface area contributed by atoms with Gasteiger partial charge in [0.25, 0.3) is 5.56 Å². The highest BCUT2D eigenvalue weighted by Gasteiger charge is 2.26. The molecule has 0 saturated heterocycles. The average molecular weight is 662 g/mol. The highest BCUT2D eigenvalue weighted by molar-refractivity contribution is 7.22. The van der Waals surface area contributed by atoms with Gasteiger partial charge >= 0.3 is 11.7 Å². The number of fused-ring (bicyclic) bond motifs is 1. The molecule has 9 nitrogen and oxygen atoms in total. The van der Waals surface area contributed by atoms with Crippen molar-refractivity contribution >= 4 is 33.3 Å². The standard InChI is InChI=1S/C35H37F2N5O4S/c1-6-38-34(44)39-24-12-10-23(11-13-24)31-27(19-40(4)14-15-46-5)30-32(43)42(25-17-21(2)16-22(3)18-25)35(45)41(33(30)47-31)20-26-28(36)8-7-9-29(26)37/h7-13,16-18H,6,14-15,19-20H2,1-5H3,(H2,38,39,44). The summed E-state index contributed by atoms with van der Waals surface area (Å²) in [7, 11) is 3.51. The topological polar surface area (TPSA) is 97.6 Å². The second-order valence-corrected chi connectivity index (χ2v) is 12.4. The minimum absolute atomic E-state index is 0.281. The Balaban J connectivity index is 1.81. The monoisotopic (exact) mass is 661 g/mol. The zero-order valence-electron chi connectivity index (χ0n) is 26.9. The summed E-state index contributed by atoms with van der Waals surface area (Å²) in [6.45, 7) is 6.96. The van der Waals surface area contributed by atoms with Crippen LogP contribution < -0.4 is 21.9 Å². The fourth-order valence-corrected chi connectivity index (χ4v) is 6.88. The first kappa shape index (κ1) is 33.7. The molecule has 0 unspecified atom stereocenters. The number of aromatic nitrogens is 2. The fourth-order valence-electron chi connectivity index (χ4n) is 5.58. The molecular formula is C35H37F2N5O4S. The van der Waals surface area contributed by atoms with Crippen LogP contribution in [-0.4, -0.2) is 53.9 Å². The number of benzene rings is 3. The van der Waals surface area contributed by atoms with Crippen molar-refractivity contribution in [3.63, 3.8) is 0 Å². The first-order chi connectivity index (χ1) is 22.5. The molecule has 0 aliphatic heterocycles. The van der Waals surface area contributed by atoms with Crippen LogP contribution in [0.15, 0.2) is 70.3 Å². The number of anilines is 1. The summed E-state index contributed by atoms with van der Waals surface area (Å²) in [5, 5.41) is 5.75. The molecule has 12 heteroatoms. The Labute approximate surface area is 275 Å². The molecule has 2 N–H and O–H groups in total. The molecule has 246 valence electrons. The van der Waals surface area contributed by atoms with Gasteiger partial charge in [0.15, 0.2) is 0 Å². The number of amides is 2. The van der Waals surface area contributed by atoms with E-state index in [1.807, 2.05) is 50.9 Å². The normalized spacial score (nSPS) is 11.4. The summed E-state index contributed by atoms with van der Waals surface area (Å²) in [5.74, 6) is -1.58. The van der Waals surface area contributed by atoms with Gasteiger partial charge in [0.1, 0.15) is 16.5 Å². The summed E-state index contributed by atoms with van der Waals surface area (Å²) < 4.78 is 37.7. The van der Waals surface area contributed by atoms with Gasteiger partial charge in [0.2, 0.25) is 0 Å². The van der Waals surface area contributed by atoms with Crippen LogP contribution in [0.3, 0.4) is 0 Å². The molecule has 2 aromatic heterocycles. The maximum atomic E-state index is 15.0. The summed E-state index contributed by atoms with van der Waals surface area (Å²) in [5.41, 5.74) is 2.55. The number of halogens is 2. The molecule has 0 aliphatic rings. The third-order valence-electron chi connectivity index (χ3n) is 7.76. The van der Waals surface area contributed by atoms with Gasteiger partial charge in [-0.1, -0.05) is 24.3 Å². The van der Waals surface area contributed by atoms with Crippen molar-refractivity contribution in [2.45, 2.75) is 33.9 Å². The van der Waals surface area contributed by atoms with Crippen LogP contribution in [-0.2, 0) is 17.8 Å². The van der Waals surface area contributed by atoms with Crippen molar-refractivity contribution in [3.8, 4) is 16.1 Å². The zero-order valence-corrected chi connectivity index (χ0v) is 27.8. The Morgan fingerprint density at radius 3 is 2.26 bits per heavy atom. The Kier molecular flexibility index (Phi) is 10.3. The molecular weight excluding hydrogens is 624 g/mol. The van der Waals surface area contributed by atoms with Gasteiger partial charge < -0.3 is 15.4 Å². The minimum Gasteiger partial charge on any atom is -0.383 e. The second-order valence-electron chi connectivity index (χ2n) is 11.4. The number of hydrogen-bond donors (Lipinski definition) is 2. The van der Waals surface area contributed by atoms with E-state index in [4.69, 9.17) is 4.74 Å². The number of urea groups is 1. The molecule has 2 amide bonds. The molecule has 0 aliphatic carbocycles. The third-order valence-corrected chi connectivity index (χ3v) is 9.07. The van der Waals surface area contributed by atoms with Crippen molar-refractivity contribution in [1.82, 2.24) is 19.4 Å². The van der Waals surface area contributed by atoms with Crippen LogP contribution >= 0.6 is 11.3 Å². The molecule has 0 atom stereocenters. The number of nitrogens with one attached hydrogen (secondary N) is 2. The van der Waals surface area contributed by atoms with Gasteiger partial charge in [-0.3, -0.25) is 14.3 Å². The van der Waals surface area contributed by atoms with Crippen LogP contribution in [0.2, 0.25) is 0 Å². The highest BCUT2D eigenvalue weighted by Crippen LogP contribution is 2.38. The van der Waals surface area contributed by atoms with E-state index in [9.17, 15) is 14.4 Å². The Hall–Kier alpha value is -4.65. The lowest BCUT2D eigenvalue weighted by atomic mass is 10.1. The number of nitrogens with zero attached hydrogens (tertiary/aromatic N) is 3. The van der Waals surface area contributed by atoms with Gasteiger partial charge in [-0.2, -0.15) is 0 Å². The van der Waals surface area contributed by atoms with E-state index < -0.39 is 29.4 Å². The average Bonchev–Trinajstić information content (AvgIpc) is 3.38. The molecule has 0 spiro atoms. The predicted molar refractivity (Wildman–Crippen MR) is 183 cm³/mol. The lowest BCUT2D eigenvalue weighted by Crippen LogP contribution is -2.39. The van der Waals surface area contributed by atoms with Crippen LogP contribution in [0, 0.1) is 25.5 Å². The van der Waals surface area contributed by atoms with E-state index in [-0.39, 0.29) is 17.0 Å². The quantitative estimate of drug-likeness (QED) is 0.180. The second kappa shape index (κ2) is 14.4. The van der Waals surface area contributed by atoms with Crippen molar-refractivity contribution < 1.29 is 18.3 Å². The molecule has 0 radical (unpaired) electrons. The third kappa shape index (κ3) is 7.19. The lowest BCUT2D eigenvalue weighted by Gasteiger charge is -2.18. The first-order valence-corrected chi connectivity index (χ1v) is 16.0. The molecule has 2 heterocycles. The summed E-state index contributed by atoms with van der Waals surface area (Å²) >= 11 is 1.21. The largest absolute Gasteiger partial charge is 0.383 e. The van der Waals surface area contributed by atoms with Crippen LogP contribution in [0.5, 0.6) is 0 Å². The van der Waals surface area contributed by atoms with E-state index in [1.165, 1.54) is 22.0 Å². The van der Waals surface area contributed by atoms with Crippen LogP contribution in [0.1, 0.15) is 29.2 Å². The van der Waals surface area contributed by atoms with Gasteiger partial charge in [-0.25, -0.2) is 22.9 Å². The number of thiophene rings is 1. The lowest BCUT2D eigenvalue weighted by molar-refractivity contribution is 0.159. The van der Waals surface area contributed by atoms with E-state index in [0.717, 1.165) is 33.4 Å². The maximum Gasteiger partial charge on any atom is 0.337 e. The Bertz CT molecular complexity index is 2010. The number of aryl methyl sites for hydroxylation is 2. The van der Waals surface area contributed by atoms with Gasteiger partial charge in [0.05, 0.1) is 24.2 Å². The number of hydrogen-bond acceptors (Lipinski definition) is 6. The Morgan fingerprint density at radius 2 is 1.64 bits per heavy atom. The fraction of sp³-hybridized carbons (Fsp3) is 0.286. The van der Waals surface area contributed by atoms with Gasteiger partial charge in [-0.05, 0) is 86.5 Å². The molecule has 0 bridgehead atoms. The van der Waals surface area contributed by atoms with Gasteiger partial charge in [0, 0.05) is 42.9 Å². The van der Waals surface area contributed by atoms with Gasteiger partial charge in [-0.15, -0.1) is 11.3 Å². The molecule has 3 aromatic carbocycles. The molecule has 0 fully saturated rings. The minimum atomic E-state index is -0.791. The molecule has 5 rings (SSSR count). The smallest absolute Gasteiger partial charge is 0.337 e. The van der Waals surface area contributed by atoms with Crippen molar-refractivity contribution in [3.05, 3.63) is 115 Å². The summed E-state index contributed by atoms with van der Waals surface area (Å²) in [4.78, 5) is 43.9. The molecule has 47 heavy (non-hydrogen) atoms. The number of ether oxygens (including phenoxy) is 1. The highest BCUT2D eigenvalue weighted by atomic mass is 32.1. The van der Waals surface area contributed by atoms with Crippen molar-refractivity contribution in [1.29, 1.82) is 0 Å². The van der Waals surface area contributed by atoms with Crippen LogP contribution in [0.25, 0.3) is 26.3 Å². The predicted octanol–water partition coefficient (Wildman–Crippen LogP) is 6.04. The number of likely N-dealkylation sites (N-methyl/N-ethyl adjacent to an activating group) is 1. The summed E-state index contributed by atoms with van der Waals surface area (Å²) in [6, 6.07) is 15.8. The molecule has 0 saturated carbocycles. The van der Waals surface area contributed by atoms with E-state index in [0.29, 0.717) is 52.9 Å². The van der Waals surface area contributed by atoms with E-state index >= 15 is 8.78 Å². The zero-order chi connectivity index (χ0) is 33.8. The van der Waals surface area contributed by atoms with E-state index in [1.54, 1.807) is 31.4 Å². The first-order valence-electron chi connectivity index (χ1n) is 15.2. The maximum absolute atomic E-state index is 15.0. The number of rotatable bonds is 11. The molecule has 5 aromatic rings.